The van der Waals surface area contributed by atoms with Crippen LogP contribution < -0.4 is 10.6 Å². The molecule has 0 aromatic rings. The van der Waals surface area contributed by atoms with E-state index in [1.54, 1.807) is 0 Å². The number of allylic oxidation sites excluding steroid dienone is 7. The fourth-order valence-electron chi connectivity index (χ4n) is 6.99. The number of rotatable bonds is 44. The third-order valence-electron chi connectivity index (χ3n) is 10.8. The number of amides is 2. The summed E-state index contributed by atoms with van der Waals surface area (Å²) in [6, 6.07) is -1.38. The van der Waals surface area contributed by atoms with Crippen LogP contribution in [0.25, 0.3) is 0 Å². The number of nitrogens with one attached hydrogen (secondary N) is 2. The summed E-state index contributed by atoms with van der Waals surface area (Å²) in [7, 11) is 0. The van der Waals surface area contributed by atoms with Crippen molar-refractivity contribution in [3.05, 3.63) is 48.6 Å². The quantitative estimate of drug-likeness (QED) is 0.0272. The molecular weight excluding hydrogens is 753 g/mol. The molecule has 0 radical (unpaired) electrons. The third kappa shape index (κ3) is 41.5. The molecule has 0 aromatic carbocycles. The molecule has 0 aliphatic heterocycles. The number of hydrogen-bond acceptors (Lipinski definition) is 6. The van der Waals surface area contributed by atoms with Crippen LogP contribution in [0.5, 0.6) is 0 Å². The Labute approximate surface area is 367 Å². The monoisotopic (exact) mass is 843 g/mol. The second-order valence-corrected chi connectivity index (χ2v) is 16.5. The number of carbonyl (C=O) groups excluding carboxylic acids is 3. The Balaban J connectivity index is 4.12. The molecule has 346 valence electrons. The molecule has 0 saturated heterocycles. The Morgan fingerprint density at radius 1 is 0.517 bits per heavy atom. The van der Waals surface area contributed by atoms with E-state index in [-0.39, 0.29) is 24.5 Å². The van der Waals surface area contributed by atoms with Gasteiger partial charge in [-0.2, -0.15) is 0 Å². The molecule has 60 heavy (non-hydrogen) atoms. The Hall–Kier alpha value is -3.20. The number of unbranched alkanes of at least 4 members (excludes halogenated alkanes) is 24. The second kappa shape index (κ2) is 45.3. The van der Waals surface area contributed by atoms with Crippen LogP contribution >= 0.6 is 0 Å². The zero-order valence-corrected chi connectivity index (χ0v) is 38.5. The van der Waals surface area contributed by atoms with E-state index in [4.69, 9.17) is 14.9 Å². The van der Waals surface area contributed by atoms with Gasteiger partial charge in [0, 0.05) is 12.8 Å². The van der Waals surface area contributed by atoms with Crippen molar-refractivity contribution in [1.29, 1.82) is 0 Å². The predicted molar refractivity (Wildman–Crippen MR) is 250 cm³/mol. The van der Waals surface area contributed by atoms with Crippen molar-refractivity contribution in [2.45, 2.75) is 238 Å². The van der Waals surface area contributed by atoms with Crippen LogP contribution in [0.2, 0.25) is 0 Å². The molecule has 0 saturated carbocycles. The smallest absolute Gasteiger partial charge is 0.328 e. The topological polar surface area (TPSA) is 142 Å². The van der Waals surface area contributed by atoms with Crippen molar-refractivity contribution in [2.75, 3.05) is 13.2 Å². The van der Waals surface area contributed by atoms with Gasteiger partial charge in [-0.3, -0.25) is 14.4 Å². The SMILES string of the molecule is CCCCC/C=C\C/C=C\C(CCCCCCCCC(=O)NCC(=O)NC(CO)C(=O)O)OC(=O)CCCCCCCCCCCCC/C=C\C/C=C\CCCCCCC. The normalized spacial score (nSPS) is 12.8. The molecular formula is C51H90N2O7. The maximum absolute atomic E-state index is 12.8. The van der Waals surface area contributed by atoms with Crippen molar-refractivity contribution < 1.29 is 34.1 Å². The number of hydrogen-bond donors (Lipinski definition) is 4. The molecule has 2 unspecified atom stereocenters. The highest BCUT2D eigenvalue weighted by molar-refractivity contribution is 5.87. The van der Waals surface area contributed by atoms with Gasteiger partial charge < -0.3 is 25.6 Å². The zero-order valence-electron chi connectivity index (χ0n) is 38.5. The number of ether oxygens (including phenoxy) is 1. The summed E-state index contributed by atoms with van der Waals surface area (Å²) in [6.45, 7) is 3.44. The fourth-order valence-corrected chi connectivity index (χ4v) is 6.99. The predicted octanol–water partition coefficient (Wildman–Crippen LogP) is 12.7. The number of carbonyl (C=O) groups is 4. The van der Waals surface area contributed by atoms with Crippen LogP contribution in [0.15, 0.2) is 48.6 Å². The summed E-state index contributed by atoms with van der Waals surface area (Å²) in [4.78, 5) is 47.5. The maximum Gasteiger partial charge on any atom is 0.328 e. The minimum absolute atomic E-state index is 0.0959. The van der Waals surface area contributed by atoms with Crippen molar-refractivity contribution in [1.82, 2.24) is 10.6 Å². The van der Waals surface area contributed by atoms with Crippen LogP contribution in [-0.4, -0.2) is 59.3 Å². The average Bonchev–Trinajstić information content (AvgIpc) is 3.23. The number of aliphatic hydroxyl groups excluding tert-OH is 1. The van der Waals surface area contributed by atoms with Crippen molar-refractivity contribution >= 4 is 23.8 Å². The summed E-state index contributed by atoms with van der Waals surface area (Å²) >= 11 is 0. The number of esters is 1. The van der Waals surface area contributed by atoms with Crippen LogP contribution in [0.1, 0.15) is 226 Å². The Bertz CT molecular complexity index is 1150. The van der Waals surface area contributed by atoms with E-state index in [1.165, 1.54) is 122 Å². The first-order valence-electron chi connectivity index (χ1n) is 24.5. The first-order chi connectivity index (χ1) is 29.3. The van der Waals surface area contributed by atoms with Gasteiger partial charge in [0.1, 0.15) is 12.1 Å². The van der Waals surface area contributed by atoms with Crippen molar-refractivity contribution in [3.63, 3.8) is 0 Å². The van der Waals surface area contributed by atoms with E-state index in [0.717, 1.165) is 70.6 Å². The molecule has 9 heteroatoms. The van der Waals surface area contributed by atoms with Crippen LogP contribution in [0.4, 0.5) is 0 Å². The minimum atomic E-state index is -1.38. The van der Waals surface area contributed by atoms with E-state index in [1.807, 2.05) is 0 Å². The molecule has 0 aliphatic carbocycles. The molecule has 2 amide bonds. The van der Waals surface area contributed by atoms with Crippen molar-refractivity contribution in [3.8, 4) is 0 Å². The van der Waals surface area contributed by atoms with Gasteiger partial charge in [0.05, 0.1) is 13.2 Å². The molecule has 0 spiro atoms. The molecule has 0 heterocycles. The van der Waals surface area contributed by atoms with Crippen molar-refractivity contribution in [2.24, 2.45) is 0 Å². The van der Waals surface area contributed by atoms with E-state index >= 15 is 0 Å². The lowest BCUT2D eigenvalue weighted by Gasteiger charge is -2.15. The number of aliphatic hydroxyl groups is 1. The van der Waals surface area contributed by atoms with Crippen LogP contribution in [-0.2, 0) is 23.9 Å². The molecule has 4 N–H and O–H groups in total. The Morgan fingerprint density at radius 2 is 0.950 bits per heavy atom. The number of carboxylic acid groups (broad SMARTS) is 1. The summed E-state index contributed by atoms with van der Waals surface area (Å²) < 4.78 is 5.94. The van der Waals surface area contributed by atoms with Gasteiger partial charge in [0.15, 0.2) is 0 Å². The molecule has 2 atom stereocenters. The highest BCUT2D eigenvalue weighted by atomic mass is 16.5. The van der Waals surface area contributed by atoms with E-state index < -0.39 is 24.5 Å². The molecule has 0 aromatic heterocycles. The van der Waals surface area contributed by atoms with Gasteiger partial charge >= 0.3 is 11.9 Å². The lowest BCUT2D eigenvalue weighted by molar-refractivity contribution is -0.147. The molecule has 0 bridgehead atoms. The molecule has 0 rings (SSSR count). The molecule has 9 nitrogen and oxygen atoms in total. The van der Waals surface area contributed by atoms with Gasteiger partial charge in [-0.25, -0.2) is 4.79 Å². The van der Waals surface area contributed by atoms with Gasteiger partial charge in [-0.05, 0) is 83.1 Å². The maximum atomic E-state index is 12.8. The average molecular weight is 843 g/mol. The van der Waals surface area contributed by atoms with Crippen LogP contribution in [0, 0.1) is 0 Å². The summed E-state index contributed by atoms with van der Waals surface area (Å²) in [6.07, 6.45) is 54.6. The first kappa shape index (κ1) is 56.8. The Morgan fingerprint density at radius 3 is 1.47 bits per heavy atom. The van der Waals surface area contributed by atoms with E-state index in [2.05, 4.69) is 73.1 Å². The first-order valence-corrected chi connectivity index (χ1v) is 24.5. The Kier molecular flexibility index (Phi) is 42.9. The van der Waals surface area contributed by atoms with Gasteiger partial charge in [-0.15, -0.1) is 0 Å². The van der Waals surface area contributed by atoms with E-state index in [0.29, 0.717) is 19.3 Å². The standard InChI is InChI=1S/C51H90N2O7/c1-3-5-7-9-11-13-14-15-16-17-18-19-20-21-22-23-24-25-26-27-29-35-39-43-50(57)60-46(40-36-32-28-12-10-8-6-4-2)41-37-33-30-31-34-38-42-48(55)52-44-49(56)53-47(45-54)51(58)59/h12,14-15,17-18,28,36,40,46-47,54H,3-11,13,16,19-27,29-35,37-39,41-45H2,1-2H3,(H,52,55)(H,53,56)(H,58,59)/b15-14-,18-17-,28-12-,40-36-. The number of carboxylic acids is 1. The molecule has 0 aliphatic rings. The van der Waals surface area contributed by atoms with Gasteiger partial charge in [-0.1, -0.05) is 178 Å². The van der Waals surface area contributed by atoms with Gasteiger partial charge in [0.2, 0.25) is 11.8 Å². The lowest BCUT2D eigenvalue weighted by atomic mass is 10.0. The fraction of sp³-hybridized carbons (Fsp3) is 0.765. The zero-order chi connectivity index (χ0) is 44.0. The largest absolute Gasteiger partial charge is 0.480 e. The third-order valence-corrected chi connectivity index (χ3v) is 10.8. The highest BCUT2D eigenvalue weighted by Gasteiger charge is 2.18. The minimum Gasteiger partial charge on any atom is -0.480 e. The molecule has 0 fully saturated rings. The summed E-state index contributed by atoms with van der Waals surface area (Å²) in [5.41, 5.74) is 0. The highest BCUT2D eigenvalue weighted by Crippen LogP contribution is 2.16. The van der Waals surface area contributed by atoms with E-state index in [9.17, 15) is 19.2 Å². The summed E-state index contributed by atoms with van der Waals surface area (Å²) in [5.74, 6) is -2.35. The van der Waals surface area contributed by atoms with Crippen LogP contribution in [0.3, 0.4) is 0 Å². The van der Waals surface area contributed by atoms with Gasteiger partial charge in [0.25, 0.3) is 0 Å². The summed E-state index contributed by atoms with van der Waals surface area (Å²) in [5, 5.41) is 22.5. The second-order valence-electron chi connectivity index (χ2n) is 16.5. The number of aliphatic carboxylic acids is 1. The lowest BCUT2D eigenvalue weighted by Crippen LogP contribution is -2.47.